The Morgan fingerprint density at radius 3 is 2.68 bits per heavy atom. The highest BCUT2D eigenvalue weighted by atomic mass is 79.9. The summed E-state index contributed by atoms with van der Waals surface area (Å²) < 4.78 is 38.8. The number of thiazole rings is 1. The summed E-state index contributed by atoms with van der Waals surface area (Å²) in [6.45, 7) is 4.63. The lowest BCUT2D eigenvalue weighted by molar-refractivity contribution is -0.140. The third-order valence-corrected chi connectivity index (χ3v) is 4.84. The van der Waals surface area contributed by atoms with Gasteiger partial charge < -0.3 is 10.6 Å². The van der Waals surface area contributed by atoms with Gasteiger partial charge in [-0.3, -0.25) is 0 Å². The molecule has 0 saturated carbocycles. The fourth-order valence-corrected chi connectivity index (χ4v) is 3.44. The molecule has 0 aliphatic heterocycles. The molecule has 2 rings (SSSR count). The van der Waals surface area contributed by atoms with Crippen LogP contribution in [0.4, 0.5) is 13.2 Å². The highest BCUT2D eigenvalue weighted by Gasteiger charge is 2.33. The average Bonchev–Trinajstić information content (AvgIpc) is 3.02. The molecule has 1 aromatic carbocycles. The van der Waals surface area contributed by atoms with E-state index in [0.717, 1.165) is 26.8 Å². The van der Waals surface area contributed by atoms with Gasteiger partial charge in [0.25, 0.3) is 0 Å². The number of hydrogen-bond acceptors (Lipinski definition) is 3. The van der Waals surface area contributed by atoms with E-state index in [-0.39, 0.29) is 12.6 Å². The SMILES string of the molecule is CCNC(=NCc1nc(C(F)(F)F)cs1)NC(C)c1ccccc1Br. The highest BCUT2D eigenvalue weighted by molar-refractivity contribution is 9.10. The first-order valence-electron chi connectivity index (χ1n) is 7.62. The van der Waals surface area contributed by atoms with Gasteiger partial charge in [0.15, 0.2) is 11.7 Å². The summed E-state index contributed by atoms with van der Waals surface area (Å²) in [5.41, 5.74) is 0.184. The van der Waals surface area contributed by atoms with E-state index >= 15 is 0 Å². The van der Waals surface area contributed by atoms with Gasteiger partial charge in [-0.05, 0) is 25.5 Å². The van der Waals surface area contributed by atoms with Crippen LogP contribution in [0.2, 0.25) is 0 Å². The molecule has 1 unspecified atom stereocenters. The van der Waals surface area contributed by atoms with Crippen molar-refractivity contribution in [3.05, 3.63) is 50.4 Å². The molecule has 4 nitrogen and oxygen atoms in total. The molecule has 9 heteroatoms. The van der Waals surface area contributed by atoms with Crippen molar-refractivity contribution in [2.24, 2.45) is 4.99 Å². The number of guanidine groups is 1. The van der Waals surface area contributed by atoms with Crippen LogP contribution in [-0.4, -0.2) is 17.5 Å². The van der Waals surface area contributed by atoms with E-state index in [2.05, 4.69) is 36.5 Å². The van der Waals surface area contributed by atoms with Crippen molar-refractivity contribution >= 4 is 33.2 Å². The predicted octanol–water partition coefficient (Wildman–Crippen LogP) is 4.74. The van der Waals surface area contributed by atoms with Crippen molar-refractivity contribution in [2.45, 2.75) is 32.6 Å². The highest BCUT2D eigenvalue weighted by Crippen LogP contribution is 2.30. The summed E-state index contributed by atoms with van der Waals surface area (Å²) in [7, 11) is 0. The van der Waals surface area contributed by atoms with Gasteiger partial charge in [0.2, 0.25) is 0 Å². The third kappa shape index (κ3) is 5.71. The summed E-state index contributed by atoms with van der Waals surface area (Å²) in [6, 6.07) is 7.78. The second-order valence-electron chi connectivity index (χ2n) is 5.21. The predicted molar refractivity (Wildman–Crippen MR) is 97.6 cm³/mol. The monoisotopic (exact) mass is 434 g/mol. The molecular weight excluding hydrogens is 417 g/mol. The lowest BCUT2D eigenvalue weighted by Crippen LogP contribution is -2.38. The van der Waals surface area contributed by atoms with Gasteiger partial charge in [-0.15, -0.1) is 11.3 Å². The standard InChI is InChI=1S/C16H18BrF3N4S/c1-3-21-15(23-10(2)11-6-4-5-7-12(11)17)22-8-14-24-13(9-25-14)16(18,19)20/h4-7,9-10H,3,8H2,1-2H3,(H2,21,22,23). The minimum Gasteiger partial charge on any atom is -0.357 e. The molecular formula is C16H18BrF3N4S. The molecule has 0 aliphatic carbocycles. The Morgan fingerprint density at radius 2 is 2.08 bits per heavy atom. The normalized spacial score (nSPS) is 13.6. The lowest BCUT2D eigenvalue weighted by atomic mass is 10.1. The number of nitrogens with one attached hydrogen (secondary N) is 2. The molecule has 2 aromatic rings. The quantitative estimate of drug-likeness (QED) is 0.527. The number of rotatable bonds is 5. The number of aromatic nitrogens is 1. The first kappa shape index (κ1) is 19.7. The van der Waals surface area contributed by atoms with Gasteiger partial charge in [-0.1, -0.05) is 34.1 Å². The zero-order valence-corrected chi connectivity index (χ0v) is 16.1. The smallest absolute Gasteiger partial charge is 0.357 e. The van der Waals surface area contributed by atoms with Gasteiger partial charge in [0.1, 0.15) is 5.01 Å². The molecule has 25 heavy (non-hydrogen) atoms. The topological polar surface area (TPSA) is 49.3 Å². The fraction of sp³-hybridized carbons (Fsp3) is 0.375. The molecule has 1 aromatic heterocycles. The van der Waals surface area contributed by atoms with Crippen molar-refractivity contribution in [3.63, 3.8) is 0 Å². The summed E-state index contributed by atoms with van der Waals surface area (Å²) in [5, 5.41) is 7.66. The third-order valence-electron chi connectivity index (χ3n) is 3.28. The molecule has 0 spiro atoms. The van der Waals surface area contributed by atoms with Crippen LogP contribution in [0, 0.1) is 0 Å². The summed E-state index contributed by atoms with van der Waals surface area (Å²) >= 11 is 4.46. The second-order valence-corrected chi connectivity index (χ2v) is 7.00. The van der Waals surface area contributed by atoms with E-state index in [0.29, 0.717) is 17.5 Å². The van der Waals surface area contributed by atoms with Crippen LogP contribution in [-0.2, 0) is 12.7 Å². The molecule has 0 amide bonds. The van der Waals surface area contributed by atoms with E-state index in [1.165, 1.54) is 0 Å². The fourth-order valence-electron chi connectivity index (χ4n) is 2.09. The van der Waals surface area contributed by atoms with Crippen LogP contribution in [0.3, 0.4) is 0 Å². The summed E-state index contributed by atoms with van der Waals surface area (Å²) in [5.74, 6) is 0.523. The van der Waals surface area contributed by atoms with Crippen LogP contribution in [0.5, 0.6) is 0 Å². The van der Waals surface area contributed by atoms with Gasteiger partial charge in [0.05, 0.1) is 12.6 Å². The summed E-state index contributed by atoms with van der Waals surface area (Å²) in [6.07, 6.45) is -4.42. The number of alkyl halides is 3. The number of nitrogens with zero attached hydrogens (tertiary/aromatic N) is 2. The van der Waals surface area contributed by atoms with E-state index in [4.69, 9.17) is 0 Å². The molecule has 0 aliphatic rings. The number of halogens is 4. The van der Waals surface area contributed by atoms with Crippen LogP contribution < -0.4 is 10.6 Å². The molecule has 1 heterocycles. The van der Waals surface area contributed by atoms with Crippen LogP contribution in [0.15, 0.2) is 39.1 Å². The van der Waals surface area contributed by atoms with Crippen LogP contribution in [0.25, 0.3) is 0 Å². The van der Waals surface area contributed by atoms with Crippen LogP contribution >= 0.6 is 27.3 Å². The Bertz CT molecular complexity index is 730. The zero-order valence-electron chi connectivity index (χ0n) is 13.7. The van der Waals surface area contributed by atoms with E-state index in [9.17, 15) is 13.2 Å². The maximum Gasteiger partial charge on any atom is 0.434 e. The maximum absolute atomic E-state index is 12.6. The van der Waals surface area contributed by atoms with Gasteiger partial charge in [0, 0.05) is 16.4 Å². The summed E-state index contributed by atoms with van der Waals surface area (Å²) in [4.78, 5) is 7.92. The van der Waals surface area contributed by atoms with E-state index in [1.54, 1.807) is 0 Å². The Morgan fingerprint density at radius 1 is 1.36 bits per heavy atom. The molecule has 0 saturated heterocycles. The molecule has 0 fully saturated rings. The van der Waals surface area contributed by atoms with Crippen molar-refractivity contribution in [1.82, 2.24) is 15.6 Å². The Labute approximate surface area is 156 Å². The van der Waals surface area contributed by atoms with Gasteiger partial charge in [-0.25, -0.2) is 9.98 Å². The van der Waals surface area contributed by atoms with E-state index in [1.807, 2.05) is 38.1 Å². The van der Waals surface area contributed by atoms with Crippen LogP contribution in [0.1, 0.15) is 36.2 Å². The van der Waals surface area contributed by atoms with E-state index < -0.39 is 11.9 Å². The minimum absolute atomic E-state index is 0.0320. The minimum atomic E-state index is -4.42. The van der Waals surface area contributed by atoms with Crippen molar-refractivity contribution in [1.29, 1.82) is 0 Å². The first-order valence-corrected chi connectivity index (χ1v) is 9.29. The Hall–Kier alpha value is -1.61. The number of benzene rings is 1. The first-order chi connectivity index (χ1) is 11.8. The molecule has 1 atom stereocenters. The number of aliphatic imine (C=N–C) groups is 1. The van der Waals surface area contributed by atoms with Gasteiger partial charge >= 0.3 is 6.18 Å². The molecule has 136 valence electrons. The Balaban J connectivity index is 2.08. The second kappa shape index (κ2) is 8.66. The zero-order chi connectivity index (χ0) is 18.4. The largest absolute Gasteiger partial charge is 0.434 e. The number of hydrogen-bond donors (Lipinski definition) is 2. The maximum atomic E-state index is 12.6. The molecule has 0 bridgehead atoms. The Kier molecular flexibility index (Phi) is 6.83. The van der Waals surface area contributed by atoms with Crippen molar-refractivity contribution < 1.29 is 13.2 Å². The molecule has 2 N–H and O–H groups in total. The van der Waals surface area contributed by atoms with Gasteiger partial charge in [-0.2, -0.15) is 13.2 Å². The molecule has 0 radical (unpaired) electrons. The average molecular weight is 435 g/mol. The van der Waals surface area contributed by atoms with Crippen molar-refractivity contribution in [3.8, 4) is 0 Å². The lowest BCUT2D eigenvalue weighted by Gasteiger charge is -2.19. The van der Waals surface area contributed by atoms with Crippen molar-refractivity contribution in [2.75, 3.05) is 6.54 Å².